The van der Waals surface area contributed by atoms with E-state index < -0.39 is 11.7 Å². The Balaban J connectivity index is 2.32. The Morgan fingerprint density at radius 1 is 1.32 bits per heavy atom. The predicted molar refractivity (Wildman–Crippen MR) is 73.9 cm³/mol. The molecule has 0 aliphatic heterocycles. The van der Waals surface area contributed by atoms with E-state index in [0.29, 0.717) is 18.7 Å². The van der Waals surface area contributed by atoms with Gasteiger partial charge in [0.05, 0.1) is 0 Å². The molecule has 0 spiro atoms. The van der Waals surface area contributed by atoms with Crippen LogP contribution in [0.3, 0.4) is 0 Å². The quantitative estimate of drug-likeness (QED) is 0.825. The van der Waals surface area contributed by atoms with Crippen LogP contribution in [0.4, 0.5) is 14.9 Å². The number of anilines is 1. The minimum absolute atomic E-state index is 0.245. The molecule has 19 heavy (non-hydrogen) atoms. The summed E-state index contributed by atoms with van der Waals surface area (Å²) in [6.45, 7) is 8.04. The van der Waals surface area contributed by atoms with Gasteiger partial charge in [-0.25, -0.2) is 9.18 Å². The summed E-state index contributed by atoms with van der Waals surface area (Å²) in [6, 6.07) is 4.86. The molecule has 0 radical (unpaired) electrons. The highest BCUT2D eigenvalue weighted by Gasteiger charge is 2.15. The monoisotopic (exact) mass is 268 g/mol. The Morgan fingerprint density at radius 2 is 2.00 bits per heavy atom. The van der Waals surface area contributed by atoms with Gasteiger partial charge in [-0.15, -0.1) is 0 Å². The zero-order valence-corrected chi connectivity index (χ0v) is 11.8. The molecule has 0 aliphatic carbocycles. The summed E-state index contributed by atoms with van der Waals surface area (Å²) in [4.78, 5) is 11.4. The van der Waals surface area contributed by atoms with E-state index in [-0.39, 0.29) is 5.82 Å². The van der Waals surface area contributed by atoms with Crippen molar-refractivity contribution in [2.75, 3.05) is 18.4 Å². The van der Waals surface area contributed by atoms with Crippen LogP contribution in [0, 0.1) is 12.7 Å². The second-order valence-electron chi connectivity index (χ2n) is 5.27. The van der Waals surface area contributed by atoms with E-state index in [1.165, 1.54) is 6.07 Å². The van der Waals surface area contributed by atoms with Gasteiger partial charge in [0.15, 0.2) is 0 Å². The molecule has 0 saturated carbocycles. The van der Waals surface area contributed by atoms with E-state index in [1.54, 1.807) is 39.8 Å². The summed E-state index contributed by atoms with van der Waals surface area (Å²) in [6.07, 6.45) is -0.453. The van der Waals surface area contributed by atoms with Crippen LogP contribution in [0.2, 0.25) is 0 Å². The molecular formula is C14H21FN2O2. The predicted octanol–water partition coefficient (Wildman–Crippen LogP) is 3.07. The average molecular weight is 268 g/mol. The van der Waals surface area contributed by atoms with Gasteiger partial charge in [-0.05, 0) is 39.8 Å². The maximum atomic E-state index is 13.3. The lowest BCUT2D eigenvalue weighted by Crippen LogP contribution is -2.35. The second kappa shape index (κ2) is 6.41. The van der Waals surface area contributed by atoms with Crippen LogP contribution in [-0.4, -0.2) is 24.8 Å². The fourth-order valence-electron chi connectivity index (χ4n) is 1.47. The third-order valence-corrected chi connectivity index (χ3v) is 2.38. The fourth-order valence-corrected chi connectivity index (χ4v) is 1.47. The molecule has 0 saturated heterocycles. The molecular weight excluding hydrogens is 247 g/mol. The van der Waals surface area contributed by atoms with Gasteiger partial charge < -0.3 is 15.4 Å². The Kier molecular flexibility index (Phi) is 5.15. The van der Waals surface area contributed by atoms with Crippen molar-refractivity contribution < 1.29 is 13.9 Å². The summed E-state index contributed by atoms with van der Waals surface area (Å²) in [7, 11) is 0. The SMILES string of the molecule is Cc1c(F)cccc1NCCNC(=O)OC(C)(C)C. The number of carbonyl (C=O) groups is 1. The molecule has 0 aromatic heterocycles. The lowest BCUT2D eigenvalue weighted by molar-refractivity contribution is 0.0530. The number of benzene rings is 1. The van der Waals surface area contributed by atoms with Crippen molar-refractivity contribution >= 4 is 11.8 Å². The van der Waals surface area contributed by atoms with Crippen LogP contribution in [0.5, 0.6) is 0 Å². The average Bonchev–Trinajstić information content (AvgIpc) is 2.27. The van der Waals surface area contributed by atoms with Crippen molar-refractivity contribution in [2.45, 2.75) is 33.3 Å². The van der Waals surface area contributed by atoms with Crippen molar-refractivity contribution in [3.63, 3.8) is 0 Å². The van der Waals surface area contributed by atoms with E-state index in [4.69, 9.17) is 4.74 Å². The van der Waals surface area contributed by atoms with E-state index >= 15 is 0 Å². The van der Waals surface area contributed by atoms with Crippen molar-refractivity contribution in [2.24, 2.45) is 0 Å². The third kappa shape index (κ3) is 5.59. The van der Waals surface area contributed by atoms with E-state index in [2.05, 4.69) is 10.6 Å². The summed E-state index contributed by atoms with van der Waals surface area (Å²) in [5.41, 5.74) is 0.794. The summed E-state index contributed by atoms with van der Waals surface area (Å²) in [5, 5.41) is 5.69. The molecule has 1 amide bonds. The Labute approximate surface area is 113 Å². The van der Waals surface area contributed by atoms with Gasteiger partial charge in [0.2, 0.25) is 0 Å². The van der Waals surface area contributed by atoms with Crippen LogP contribution in [0.15, 0.2) is 18.2 Å². The molecule has 5 heteroatoms. The van der Waals surface area contributed by atoms with Crippen LogP contribution in [-0.2, 0) is 4.74 Å². The summed E-state index contributed by atoms with van der Waals surface area (Å²) in [5.74, 6) is -0.245. The Morgan fingerprint density at radius 3 is 2.63 bits per heavy atom. The van der Waals surface area contributed by atoms with E-state index in [9.17, 15) is 9.18 Å². The van der Waals surface area contributed by atoms with Gasteiger partial charge in [0.1, 0.15) is 11.4 Å². The number of amides is 1. The molecule has 0 heterocycles. The Bertz CT molecular complexity index is 442. The lowest BCUT2D eigenvalue weighted by atomic mass is 10.2. The molecule has 0 unspecified atom stereocenters. The first kappa shape index (κ1) is 15.3. The van der Waals surface area contributed by atoms with Gasteiger partial charge in [-0.3, -0.25) is 0 Å². The molecule has 1 aromatic carbocycles. The van der Waals surface area contributed by atoms with E-state index in [0.717, 1.165) is 5.69 Å². The van der Waals surface area contributed by atoms with Gasteiger partial charge in [0, 0.05) is 24.3 Å². The second-order valence-corrected chi connectivity index (χ2v) is 5.27. The number of carbonyl (C=O) groups excluding carboxylic acids is 1. The standard InChI is InChI=1S/C14H21FN2O2/c1-10-11(15)6-5-7-12(10)16-8-9-17-13(18)19-14(2,3)4/h5-7,16H,8-9H2,1-4H3,(H,17,18). The molecule has 1 aromatic rings. The van der Waals surface area contributed by atoms with Crippen LogP contribution >= 0.6 is 0 Å². The molecule has 0 fully saturated rings. The lowest BCUT2D eigenvalue weighted by Gasteiger charge is -2.19. The van der Waals surface area contributed by atoms with Crippen LogP contribution < -0.4 is 10.6 Å². The highest BCUT2D eigenvalue weighted by Crippen LogP contribution is 2.16. The van der Waals surface area contributed by atoms with Crippen molar-refractivity contribution in [3.8, 4) is 0 Å². The van der Waals surface area contributed by atoms with E-state index in [1.807, 2.05) is 0 Å². The van der Waals surface area contributed by atoms with Crippen molar-refractivity contribution in [1.29, 1.82) is 0 Å². The number of halogens is 1. The highest BCUT2D eigenvalue weighted by atomic mass is 19.1. The first-order valence-corrected chi connectivity index (χ1v) is 6.25. The maximum absolute atomic E-state index is 13.3. The first-order chi connectivity index (χ1) is 8.79. The maximum Gasteiger partial charge on any atom is 0.407 e. The number of hydrogen-bond donors (Lipinski definition) is 2. The molecule has 1 rings (SSSR count). The number of alkyl carbamates (subject to hydrolysis) is 1. The third-order valence-electron chi connectivity index (χ3n) is 2.38. The minimum atomic E-state index is -0.503. The molecule has 0 bridgehead atoms. The van der Waals surface area contributed by atoms with Crippen molar-refractivity contribution in [3.05, 3.63) is 29.6 Å². The molecule has 2 N–H and O–H groups in total. The van der Waals surface area contributed by atoms with Gasteiger partial charge in [0.25, 0.3) is 0 Å². The van der Waals surface area contributed by atoms with Gasteiger partial charge in [-0.1, -0.05) is 6.07 Å². The largest absolute Gasteiger partial charge is 0.444 e. The highest BCUT2D eigenvalue weighted by molar-refractivity contribution is 5.67. The zero-order valence-electron chi connectivity index (χ0n) is 11.8. The minimum Gasteiger partial charge on any atom is -0.444 e. The van der Waals surface area contributed by atoms with Crippen LogP contribution in [0.25, 0.3) is 0 Å². The summed E-state index contributed by atoms with van der Waals surface area (Å²) >= 11 is 0. The fraction of sp³-hybridized carbons (Fsp3) is 0.500. The molecule has 4 nitrogen and oxygen atoms in total. The van der Waals surface area contributed by atoms with Crippen LogP contribution in [0.1, 0.15) is 26.3 Å². The molecule has 0 aliphatic rings. The number of hydrogen-bond acceptors (Lipinski definition) is 3. The number of rotatable bonds is 4. The number of ether oxygens (including phenoxy) is 1. The Hall–Kier alpha value is -1.78. The normalized spacial score (nSPS) is 11.0. The van der Waals surface area contributed by atoms with Crippen molar-refractivity contribution in [1.82, 2.24) is 5.32 Å². The molecule has 106 valence electrons. The van der Waals surface area contributed by atoms with Gasteiger partial charge >= 0.3 is 6.09 Å². The molecule has 0 atom stereocenters. The first-order valence-electron chi connectivity index (χ1n) is 6.25. The topological polar surface area (TPSA) is 50.4 Å². The van der Waals surface area contributed by atoms with Gasteiger partial charge in [-0.2, -0.15) is 0 Å². The smallest absolute Gasteiger partial charge is 0.407 e. The summed E-state index contributed by atoms with van der Waals surface area (Å²) < 4.78 is 18.4. The number of nitrogens with one attached hydrogen (secondary N) is 2. The zero-order chi connectivity index (χ0) is 14.5.